The molecule has 1 unspecified atom stereocenters. The minimum atomic E-state index is -3.68. The molecule has 38 heavy (non-hydrogen) atoms. The molecule has 200 valence electrons. The summed E-state index contributed by atoms with van der Waals surface area (Å²) in [6, 6.07) is 15.2. The van der Waals surface area contributed by atoms with Crippen LogP contribution in [0.25, 0.3) is 0 Å². The largest absolute Gasteiger partial charge is 0.507 e. The summed E-state index contributed by atoms with van der Waals surface area (Å²) in [5, 5.41) is 23.0. The number of piperidine rings is 1. The highest BCUT2D eigenvalue weighted by molar-refractivity contribution is 9.12. The summed E-state index contributed by atoms with van der Waals surface area (Å²) in [6.07, 6.45) is 5.19. The zero-order valence-electron chi connectivity index (χ0n) is 21.7. The van der Waals surface area contributed by atoms with Crippen LogP contribution in [0.3, 0.4) is 0 Å². The zero-order valence-corrected chi connectivity index (χ0v) is 24.1. The van der Waals surface area contributed by atoms with Gasteiger partial charge in [-0.15, -0.1) is 0 Å². The molecule has 2 N–H and O–H groups in total. The Morgan fingerprint density at radius 3 is 2.74 bits per heavy atom. The van der Waals surface area contributed by atoms with Crippen LogP contribution >= 0.6 is 15.9 Å². The zero-order chi connectivity index (χ0) is 27.7. The molecule has 0 radical (unpaired) electrons. The van der Waals surface area contributed by atoms with Crippen LogP contribution in [0.15, 0.2) is 85.4 Å². The van der Waals surface area contributed by atoms with Gasteiger partial charge in [0.15, 0.2) is 0 Å². The first-order chi connectivity index (χ1) is 18.1. The molecule has 0 bridgehead atoms. The quantitative estimate of drug-likeness (QED) is 0.395. The van der Waals surface area contributed by atoms with E-state index in [9.17, 15) is 13.5 Å². The van der Waals surface area contributed by atoms with Gasteiger partial charge in [0.05, 0.1) is 32.4 Å². The predicted molar refractivity (Wildman–Crippen MR) is 155 cm³/mol. The molecule has 1 fully saturated rings. The number of nitrogens with zero attached hydrogens (tertiary/aromatic N) is 4. The number of nitriles is 1. The predicted octanol–water partition coefficient (Wildman–Crippen LogP) is 4.97. The van der Waals surface area contributed by atoms with Crippen LogP contribution in [0.1, 0.15) is 37.8 Å². The number of sulfonamides is 1. The van der Waals surface area contributed by atoms with Gasteiger partial charge in [-0.3, -0.25) is 9.98 Å². The number of hydrogen-bond donors (Lipinski definition) is 2. The van der Waals surface area contributed by atoms with E-state index < -0.39 is 10.0 Å². The lowest BCUT2D eigenvalue weighted by atomic mass is 9.99. The Morgan fingerprint density at radius 2 is 2.03 bits per heavy atom. The minimum Gasteiger partial charge on any atom is -0.507 e. The van der Waals surface area contributed by atoms with Crippen molar-refractivity contribution >= 4 is 37.9 Å². The Balaban J connectivity index is 1.77. The van der Waals surface area contributed by atoms with E-state index in [-0.39, 0.29) is 16.6 Å². The summed E-state index contributed by atoms with van der Waals surface area (Å²) in [6.45, 7) is 5.20. The summed E-state index contributed by atoms with van der Waals surface area (Å²) < 4.78 is 28.7. The molecule has 1 heterocycles. The van der Waals surface area contributed by atoms with Gasteiger partial charge in [-0.05, 0) is 84.9 Å². The average molecular weight is 599 g/mol. The lowest BCUT2D eigenvalue weighted by Crippen LogP contribution is -2.42. The van der Waals surface area contributed by atoms with E-state index in [2.05, 4.69) is 26.2 Å². The fourth-order valence-electron chi connectivity index (χ4n) is 4.15. The molecule has 0 saturated carbocycles. The minimum absolute atomic E-state index is 0.114. The van der Waals surface area contributed by atoms with Gasteiger partial charge < -0.3 is 10.4 Å². The molecule has 0 aromatic heterocycles. The summed E-state index contributed by atoms with van der Waals surface area (Å²) >= 11 is 3.47. The van der Waals surface area contributed by atoms with Crippen LogP contribution in [0, 0.1) is 17.2 Å². The van der Waals surface area contributed by atoms with Gasteiger partial charge in [0.1, 0.15) is 5.75 Å². The molecule has 2 aromatic rings. The van der Waals surface area contributed by atoms with Gasteiger partial charge in [-0.2, -0.15) is 9.57 Å². The van der Waals surface area contributed by atoms with Crippen molar-refractivity contribution < 1.29 is 13.5 Å². The average Bonchev–Trinajstić information content (AvgIpc) is 2.92. The van der Waals surface area contributed by atoms with Crippen molar-refractivity contribution in [3.8, 4) is 11.8 Å². The third-order valence-electron chi connectivity index (χ3n) is 6.16. The molecule has 1 atom stereocenters. The van der Waals surface area contributed by atoms with Crippen molar-refractivity contribution in [1.29, 1.82) is 5.26 Å². The topological polar surface area (TPSA) is 118 Å². The lowest BCUT2D eigenvalue weighted by molar-refractivity contribution is 0.264. The van der Waals surface area contributed by atoms with Crippen molar-refractivity contribution in [2.24, 2.45) is 15.9 Å². The number of rotatable bonds is 9. The van der Waals surface area contributed by atoms with Crippen molar-refractivity contribution in [3.05, 3.63) is 81.6 Å². The van der Waals surface area contributed by atoms with E-state index in [1.807, 2.05) is 32.1 Å². The monoisotopic (exact) mass is 597 g/mol. The standard InChI is InChI=1S/C28H32BrN5O3S/c1-20(14-27(25-11-4-5-12-28(25)35)33-21(2)26(29)18-31-3)32-17-23-9-7-13-34(19-23)38(36,37)24-10-6-8-22(15-24)16-30/h4-6,8,10-12,14-15,18,23,32,35H,7,9,13,17,19H2,1-3H3/b20-14+,26-21-,31-18?,33-27+. The maximum absolute atomic E-state index is 13.2. The summed E-state index contributed by atoms with van der Waals surface area (Å²) in [5.41, 5.74) is 3.03. The second-order valence-electron chi connectivity index (χ2n) is 9.05. The summed E-state index contributed by atoms with van der Waals surface area (Å²) in [4.78, 5) is 8.88. The molecule has 3 rings (SSSR count). The Bertz CT molecular complexity index is 1420. The van der Waals surface area contributed by atoms with Crippen LogP contribution in [0.5, 0.6) is 5.75 Å². The smallest absolute Gasteiger partial charge is 0.243 e. The van der Waals surface area contributed by atoms with E-state index >= 15 is 0 Å². The van der Waals surface area contributed by atoms with Gasteiger partial charge in [0.2, 0.25) is 10.0 Å². The number of aromatic hydroxyl groups is 1. The molecule has 1 saturated heterocycles. The van der Waals surface area contributed by atoms with Crippen LogP contribution in [0.2, 0.25) is 0 Å². The normalized spacial score (nSPS) is 18.2. The number of aliphatic imine (C=N–C) groups is 2. The van der Waals surface area contributed by atoms with E-state index in [0.717, 1.165) is 23.0 Å². The van der Waals surface area contributed by atoms with Gasteiger partial charge in [-0.25, -0.2) is 8.42 Å². The number of halogens is 1. The summed E-state index contributed by atoms with van der Waals surface area (Å²) in [7, 11) is -2.00. The molecule has 2 aromatic carbocycles. The van der Waals surface area contributed by atoms with E-state index in [1.54, 1.807) is 43.6 Å². The second kappa shape index (κ2) is 13.5. The molecule has 1 aliphatic heterocycles. The molecular formula is C28H32BrN5O3S. The summed E-state index contributed by atoms with van der Waals surface area (Å²) in [5.74, 6) is 0.236. The number of phenolic OH excluding ortho intramolecular Hbond substituents is 1. The number of para-hydroxylation sites is 1. The van der Waals surface area contributed by atoms with Crippen molar-refractivity contribution in [2.45, 2.75) is 31.6 Å². The molecule has 0 amide bonds. The fraction of sp³-hybridized carbons (Fsp3) is 0.321. The van der Waals surface area contributed by atoms with Crippen LogP contribution in [-0.4, -0.2) is 56.4 Å². The maximum atomic E-state index is 13.2. The van der Waals surface area contributed by atoms with Crippen molar-refractivity contribution in [3.63, 3.8) is 0 Å². The maximum Gasteiger partial charge on any atom is 0.243 e. The number of allylic oxidation sites excluding steroid dienone is 4. The van der Waals surface area contributed by atoms with Crippen LogP contribution < -0.4 is 5.32 Å². The SMILES string of the molecule is CN=C/C(Br)=C(C)/N=C(\C=C(/C)NCC1CCCN(S(=O)(=O)c2cccc(C#N)c2)C1)c1ccccc1O. The number of phenols is 1. The molecule has 8 nitrogen and oxygen atoms in total. The van der Waals surface area contributed by atoms with E-state index in [0.29, 0.717) is 42.2 Å². The Hall–Kier alpha value is -3.26. The fourth-order valence-corrected chi connectivity index (χ4v) is 6.04. The molecular weight excluding hydrogens is 566 g/mol. The van der Waals surface area contributed by atoms with Crippen molar-refractivity contribution in [2.75, 3.05) is 26.7 Å². The van der Waals surface area contributed by atoms with Crippen LogP contribution in [-0.2, 0) is 10.0 Å². The van der Waals surface area contributed by atoms with Gasteiger partial charge in [0.25, 0.3) is 0 Å². The van der Waals surface area contributed by atoms with Gasteiger partial charge >= 0.3 is 0 Å². The van der Waals surface area contributed by atoms with Gasteiger partial charge in [-0.1, -0.05) is 18.2 Å². The Morgan fingerprint density at radius 1 is 1.26 bits per heavy atom. The highest BCUT2D eigenvalue weighted by Crippen LogP contribution is 2.25. The molecule has 0 aliphatic carbocycles. The van der Waals surface area contributed by atoms with Crippen molar-refractivity contribution in [1.82, 2.24) is 9.62 Å². The first-order valence-corrected chi connectivity index (χ1v) is 14.5. The first-order valence-electron chi connectivity index (χ1n) is 12.2. The third kappa shape index (κ3) is 7.63. The molecule has 10 heteroatoms. The highest BCUT2D eigenvalue weighted by atomic mass is 79.9. The molecule has 1 aliphatic rings. The second-order valence-corrected chi connectivity index (χ2v) is 11.8. The highest BCUT2D eigenvalue weighted by Gasteiger charge is 2.30. The van der Waals surface area contributed by atoms with Crippen LogP contribution in [0.4, 0.5) is 0 Å². The van der Waals surface area contributed by atoms with E-state index in [4.69, 9.17) is 10.3 Å². The number of benzene rings is 2. The third-order valence-corrected chi connectivity index (χ3v) is 8.80. The Labute approximate surface area is 233 Å². The lowest BCUT2D eigenvalue weighted by Gasteiger charge is -2.32. The number of hydrogen-bond acceptors (Lipinski definition) is 7. The first kappa shape index (κ1) is 29.3. The number of nitrogens with one attached hydrogen (secondary N) is 1. The van der Waals surface area contributed by atoms with Gasteiger partial charge in [0, 0.05) is 44.2 Å². The molecule has 0 spiro atoms. The Kier molecular flexibility index (Phi) is 10.4. The van der Waals surface area contributed by atoms with E-state index in [1.165, 1.54) is 16.4 Å².